The average Bonchev–Trinajstić information content (AvgIpc) is 2.04. The lowest BCUT2D eigenvalue weighted by atomic mass is 10.0. The van der Waals surface area contributed by atoms with Gasteiger partial charge in [0.05, 0.1) is 0 Å². The largest absolute Gasteiger partial charge is 0.369 e. The van der Waals surface area contributed by atoms with Crippen LogP contribution in [0.15, 0.2) is 30.3 Å². The second kappa shape index (κ2) is 2.57. The molecule has 11 heavy (non-hydrogen) atoms. The molecular weight excluding hydrogens is 134 g/mol. The van der Waals surface area contributed by atoms with E-state index in [-0.39, 0.29) is 0 Å². The lowest BCUT2D eigenvalue weighted by Crippen LogP contribution is -2.45. The summed E-state index contributed by atoms with van der Waals surface area (Å²) in [6, 6.07) is 11.4. The fraction of sp³-hybridized carbons (Fsp3) is 0.400. The fourth-order valence-electron chi connectivity index (χ4n) is 1.52. The molecule has 0 N–H and O–H groups in total. The highest BCUT2D eigenvalue weighted by atomic mass is 15.2. The van der Waals surface area contributed by atoms with Gasteiger partial charge in [-0.2, -0.15) is 0 Å². The van der Waals surface area contributed by atoms with E-state index in [1.54, 1.807) is 0 Å². The Labute approximate surface area is 67.6 Å². The van der Waals surface area contributed by atoms with E-state index in [4.69, 9.17) is 0 Å². The second-order valence-electron chi connectivity index (χ2n) is 3.17. The SMILES string of the molecule is CC1CCN1c1ccccc1. The smallest absolute Gasteiger partial charge is 0.0368 e. The molecule has 1 saturated heterocycles. The highest BCUT2D eigenvalue weighted by Crippen LogP contribution is 2.24. The van der Waals surface area contributed by atoms with Gasteiger partial charge in [-0.1, -0.05) is 18.2 Å². The van der Waals surface area contributed by atoms with Crippen molar-refractivity contribution in [3.8, 4) is 0 Å². The van der Waals surface area contributed by atoms with Crippen molar-refractivity contribution in [2.75, 3.05) is 11.4 Å². The number of hydrogen-bond acceptors (Lipinski definition) is 1. The third-order valence-corrected chi connectivity index (χ3v) is 2.41. The lowest BCUT2D eigenvalue weighted by Gasteiger charge is -2.40. The molecule has 1 unspecified atom stereocenters. The zero-order valence-corrected chi connectivity index (χ0v) is 6.83. The van der Waals surface area contributed by atoms with Crippen LogP contribution in [0.25, 0.3) is 0 Å². The van der Waals surface area contributed by atoms with Crippen LogP contribution in [0, 0.1) is 0 Å². The summed E-state index contributed by atoms with van der Waals surface area (Å²) in [6.07, 6.45) is 1.34. The van der Waals surface area contributed by atoms with Gasteiger partial charge < -0.3 is 4.90 Å². The summed E-state index contributed by atoms with van der Waals surface area (Å²) in [7, 11) is 0. The number of anilines is 1. The molecule has 1 heterocycles. The standard InChI is InChI=1S/C10H13N/c1-9-7-8-11(9)10-5-3-2-4-6-10/h2-6,9H,7-8H2,1H3. The van der Waals surface area contributed by atoms with Crippen LogP contribution in [0.2, 0.25) is 0 Å². The van der Waals surface area contributed by atoms with Crippen LogP contribution in [0.5, 0.6) is 0 Å². The third-order valence-electron chi connectivity index (χ3n) is 2.41. The van der Waals surface area contributed by atoms with Crippen LogP contribution in [0.4, 0.5) is 5.69 Å². The molecule has 1 aromatic rings. The summed E-state index contributed by atoms with van der Waals surface area (Å²) in [5.41, 5.74) is 1.37. The number of benzene rings is 1. The van der Waals surface area contributed by atoms with Crippen LogP contribution in [-0.2, 0) is 0 Å². The predicted octanol–water partition coefficient (Wildman–Crippen LogP) is 2.29. The summed E-state index contributed by atoms with van der Waals surface area (Å²) in [5, 5.41) is 0. The van der Waals surface area contributed by atoms with Gasteiger partial charge in [0.2, 0.25) is 0 Å². The van der Waals surface area contributed by atoms with Crippen molar-refractivity contribution in [3.63, 3.8) is 0 Å². The van der Waals surface area contributed by atoms with Crippen molar-refractivity contribution in [3.05, 3.63) is 30.3 Å². The zero-order chi connectivity index (χ0) is 7.68. The van der Waals surface area contributed by atoms with Gasteiger partial charge in [-0.25, -0.2) is 0 Å². The van der Waals surface area contributed by atoms with Crippen LogP contribution < -0.4 is 4.90 Å². The Balaban J connectivity index is 2.17. The van der Waals surface area contributed by atoms with Crippen LogP contribution >= 0.6 is 0 Å². The number of para-hydroxylation sites is 1. The molecule has 1 aliphatic rings. The highest BCUT2D eigenvalue weighted by molar-refractivity contribution is 5.49. The molecule has 58 valence electrons. The van der Waals surface area contributed by atoms with E-state index in [2.05, 4.69) is 42.2 Å². The summed E-state index contributed by atoms with van der Waals surface area (Å²) < 4.78 is 0. The Hall–Kier alpha value is -0.980. The monoisotopic (exact) mass is 147 g/mol. The van der Waals surface area contributed by atoms with Crippen molar-refractivity contribution in [2.45, 2.75) is 19.4 Å². The molecule has 0 bridgehead atoms. The van der Waals surface area contributed by atoms with Gasteiger partial charge in [0.15, 0.2) is 0 Å². The topological polar surface area (TPSA) is 3.24 Å². The van der Waals surface area contributed by atoms with Crippen LogP contribution in [0.3, 0.4) is 0 Å². The summed E-state index contributed by atoms with van der Waals surface area (Å²) in [6.45, 7) is 3.50. The lowest BCUT2D eigenvalue weighted by molar-refractivity contribution is 0.481. The Morgan fingerprint density at radius 2 is 2.00 bits per heavy atom. The molecule has 1 aliphatic heterocycles. The molecule has 2 rings (SSSR count). The maximum atomic E-state index is 2.43. The van der Waals surface area contributed by atoms with Gasteiger partial charge in [-0.15, -0.1) is 0 Å². The van der Waals surface area contributed by atoms with Gasteiger partial charge >= 0.3 is 0 Å². The first-order valence-electron chi connectivity index (χ1n) is 4.19. The van der Waals surface area contributed by atoms with Crippen molar-refractivity contribution in [1.29, 1.82) is 0 Å². The van der Waals surface area contributed by atoms with Crippen molar-refractivity contribution < 1.29 is 0 Å². The van der Waals surface area contributed by atoms with Crippen LogP contribution in [-0.4, -0.2) is 12.6 Å². The highest BCUT2D eigenvalue weighted by Gasteiger charge is 2.22. The molecule has 1 atom stereocenters. The van der Waals surface area contributed by atoms with Gasteiger partial charge in [0.25, 0.3) is 0 Å². The summed E-state index contributed by atoms with van der Waals surface area (Å²) in [5.74, 6) is 0. The third kappa shape index (κ3) is 1.11. The number of nitrogens with zero attached hydrogens (tertiary/aromatic N) is 1. The van der Waals surface area contributed by atoms with Crippen molar-refractivity contribution in [1.82, 2.24) is 0 Å². The van der Waals surface area contributed by atoms with Crippen LogP contribution in [0.1, 0.15) is 13.3 Å². The Bertz CT molecular complexity index is 230. The summed E-state index contributed by atoms with van der Waals surface area (Å²) in [4.78, 5) is 2.43. The quantitative estimate of drug-likeness (QED) is 0.589. The number of rotatable bonds is 1. The van der Waals surface area contributed by atoms with Gasteiger partial charge in [0.1, 0.15) is 0 Å². The molecule has 1 heteroatoms. The van der Waals surface area contributed by atoms with Crippen molar-refractivity contribution >= 4 is 5.69 Å². The van der Waals surface area contributed by atoms with E-state index in [0.29, 0.717) is 0 Å². The maximum absolute atomic E-state index is 2.43. The van der Waals surface area contributed by atoms with E-state index in [9.17, 15) is 0 Å². The predicted molar refractivity (Wildman–Crippen MR) is 47.9 cm³/mol. The van der Waals surface area contributed by atoms with Gasteiger partial charge in [0, 0.05) is 18.3 Å². The molecule has 1 aromatic carbocycles. The molecule has 1 fully saturated rings. The average molecular weight is 147 g/mol. The normalized spacial score (nSPS) is 23.0. The van der Waals surface area contributed by atoms with Crippen molar-refractivity contribution in [2.24, 2.45) is 0 Å². The Morgan fingerprint density at radius 1 is 1.27 bits per heavy atom. The minimum absolute atomic E-state index is 0.748. The zero-order valence-electron chi connectivity index (χ0n) is 6.83. The molecule has 0 saturated carbocycles. The molecule has 0 aromatic heterocycles. The van der Waals surface area contributed by atoms with Gasteiger partial charge in [-0.05, 0) is 25.5 Å². The molecule has 0 spiro atoms. The molecule has 0 radical (unpaired) electrons. The van der Waals surface area contributed by atoms with E-state index >= 15 is 0 Å². The molecule has 0 amide bonds. The first-order chi connectivity index (χ1) is 5.38. The van der Waals surface area contributed by atoms with E-state index < -0.39 is 0 Å². The van der Waals surface area contributed by atoms with Gasteiger partial charge in [-0.3, -0.25) is 0 Å². The molecule has 0 aliphatic carbocycles. The fourth-order valence-corrected chi connectivity index (χ4v) is 1.52. The van der Waals surface area contributed by atoms with E-state index in [1.165, 1.54) is 18.7 Å². The summed E-state index contributed by atoms with van der Waals surface area (Å²) >= 11 is 0. The minimum atomic E-state index is 0.748. The molecule has 1 nitrogen and oxygen atoms in total. The first kappa shape index (κ1) is 6.71. The Morgan fingerprint density at radius 3 is 2.45 bits per heavy atom. The number of hydrogen-bond donors (Lipinski definition) is 0. The van der Waals surface area contributed by atoms with E-state index in [0.717, 1.165) is 6.04 Å². The Kier molecular flexibility index (Phi) is 1.57. The minimum Gasteiger partial charge on any atom is -0.369 e. The molecular formula is C10H13N. The maximum Gasteiger partial charge on any atom is 0.0368 e. The van der Waals surface area contributed by atoms with E-state index in [1.807, 2.05) is 0 Å². The second-order valence-corrected chi connectivity index (χ2v) is 3.17. The first-order valence-corrected chi connectivity index (χ1v) is 4.19.